The summed E-state index contributed by atoms with van der Waals surface area (Å²) in [4.78, 5) is 12.1. The standard InChI is InChI=1S/C20H22O3/c1-4-9-16-10-5-7-12-18(16)22-14-20(21)23-19-13-8-6-11-17(19)15(2)3/h4-8,10-13,15H,1,9,14H2,2-3H3. The molecule has 3 heteroatoms. The fourth-order valence-corrected chi connectivity index (χ4v) is 2.31. The Morgan fingerprint density at radius 2 is 1.74 bits per heavy atom. The van der Waals surface area contributed by atoms with E-state index in [0.717, 1.165) is 11.1 Å². The maximum absolute atomic E-state index is 12.1. The summed E-state index contributed by atoms with van der Waals surface area (Å²) in [5.74, 6) is 1.15. The van der Waals surface area contributed by atoms with Crippen LogP contribution in [0.3, 0.4) is 0 Å². The lowest BCUT2D eigenvalue weighted by atomic mass is 10.0. The predicted molar refractivity (Wildman–Crippen MR) is 92.0 cm³/mol. The van der Waals surface area contributed by atoms with Crippen molar-refractivity contribution < 1.29 is 14.3 Å². The van der Waals surface area contributed by atoms with Gasteiger partial charge >= 0.3 is 5.97 Å². The van der Waals surface area contributed by atoms with Gasteiger partial charge in [-0.25, -0.2) is 4.79 Å². The number of hydrogen-bond donors (Lipinski definition) is 0. The number of benzene rings is 2. The van der Waals surface area contributed by atoms with Crippen LogP contribution in [0.2, 0.25) is 0 Å². The van der Waals surface area contributed by atoms with Gasteiger partial charge in [0.25, 0.3) is 0 Å². The summed E-state index contributed by atoms with van der Waals surface area (Å²) in [6.07, 6.45) is 2.50. The maximum atomic E-state index is 12.1. The van der Waals surface area contributed by atoms with Crippen molar-refractivity contribution in [2.24, 2.45) is 0 Å². The first-order chi connectivity index (χ1) is 11.1. The van der Waals surface area contributed by atoms with Crippen LogP contribution in [0.25, 0.3) is 0 Å². The molecule has 0 unspecified atom stereocenters. The van der Waals surface area contributed by atoms with Crippen molar-refractivity contribution in [3.05, 3.63) is 72.3 Å². The average Bonchev–Trinajstić information content (AvgIpc) is 2.54. The van der Waals surface area contributed by atoms with E-state index in [9.17, 15) is 4.79 Å². The van der Waals surface area contributed by atoms with E-state index in [1.807, 2.05) is 42.5 Å². The van der Waals surface area contributed by atoms with Crippen LogP contribution < -0.4 is 9.47 Å². The van der Waals surface area contributed by atoms with Crippen LogP contribution in [0.15, 0.2) is 61.2 Å². The number of ether oxygens (including phenoxy) is 2. The van der Waals surface area contributed by atoms with Gasteiger partial charge in [-0.3, -0.25) is 0 Å². The van der Waals surface area contributed by atoms with Gasteiger partial charge in [-0.15, -0.1) is 6.58 Å². The Balaban J connectivity index is 2.00. The molecule has 23 heavy (non-hydrogen) atoms. The zero-order valence-electron chi connectivity index (χ0n) is 13.6. The summed E-state index contributed by atoms with van der Waals surface area (Å²) in [5.41, 5.74) is 2.01. The molecule has 0 aliphatic carbocycles. The summed E-state index contributed by atoms with van der Waals surface area (Å²) < 4.78 is 11.0. The molecule has 0 atom stereocenters. The number of carbonyl (C=O) groups excluding carboxylic acids is 1. The second-order valence-corrected chi connectivity index (χ2v) is 5.56. The molecular formula is C20H22O3. The van der Waals surface area contributed by atoms with E-state index in [1.54, 1.807) is 12.1 Å². The SMILES string of the molecule is C=CCc1ccccc1OCC(=O)Oc1ccccc1C(C)C. The van der Waals surface area contributed by atoms with E-state index in [2.05, 4.69) is 20.4 Å². The summed E-state index contributed by atoms with van der Waals surface area (Å²) in [5, 5.41) is 0. The molecule has 2 aromatic rings. The molecule has 0 saturated carbocycles. The molecular weight excluding hydrogens is 288 g/mol. The lowest BCUT2D eigenvalue weighted by molar-refractivity contribution is -0.136. The number of rotatable bonds is 7. The van der Waals surface area contributed by atoms with Crippen molar-refractivity contribution >= 4 is 5.97 Å². The van der Waals surface area contributed by atoms with Gasteiger partial charge in [-0.2, -0.15) is 0 Å². The molecule has 120 valence electrons. The molecule has 0 fully saturated rings. The smallest absolute Gasteiger partial charge is 0.349 e. The average molecular weight is 310 g/mol. The van der Waals surface area contributed by atoms with E-state index < -0.39 is 5.97 Å². The molecule has 0 radical (unpaired) electrons. The lowest BCUT2D eigenvalue weighted by Crippen LogP contribution is -2.19. The molecule has 0 heterocycles. The first kappa shape index (κ1) is 16.8. The van der Waals surface area contributed by atoms with E-state index in [4.69, 9.17) is 9.47 Å². The molecule has 0 aliphatic rings. The van der Waals surface area contributed by atoms with Crippen LogP contribution in [0.5, 0.6) is 11.5 Å². The van der Waals surface area contributed by atoms with E-state index in [-0.39, 0.29) is 12.5 Å². The summed E-state index contributed by atoms with van der Waals surface area (Å²) >= 11 is 0. The van der Waals surface area contributed by atoms with Gasteiger partial charge in [0.1, 0.15) is 11.5 Å². The summed E-state index contributed by atoms with van der Waals surface area (Å²) in [6.45, 7) is 7.73. The summed E-state index contributed by atoms with van der Waals surface area (Å²) in [7, 11) is 0. The van der Waals surface area contributed by atoms with Gasteiger partial charge < -0.3 is 9.47 Å². The third kappa shape index (κ3) is 4.71. The molecule has 2 aromatic carbocycles. The van der Waals surface area contributed by atoms with Gasteiger partial charge in [0, 0.05) is 0 Å². The number of para-hydroxylation sites is 2. The molecule has 0 amide bonds. The first-order valence-corrected chi connectivity index (χ1v) is 7.73. The molecule has 2 rings (SSSR count). The lowest BCUT2D eigenvalue weighted by Gasteiger charge is -2.13. The summed E-state index contributed by atoms with van der Waals surface area (Å²) in [6, 6.07) is 15.2. The molecule has 3 nitrogen and oxygen atoms in total. The normalized spacial score (nSPS) is 10.4. The highest BCUT2D eigenvalue weighted by molar-refractivity contribution is 5.74. The molecule has 0 aliphatic heterocycles. The van der Waals surface area contributed by atoms with Crippen LogP contribution in [0.1, 0.15) is 30.9 Å². The third-order valence-electron chi connectivity index (χ3n) is 3.45. The van der Waals surface area contributed by atoms with Gasteiger partial charge in [0.05, 0.1) is 0 Å². The molecule has 0 spiro atoms. The van der Waals surface area contributed by atoms with Crippen molar-refractivity contribution in [3.63, 3.8) is 0 Å². The van der Waals surface area contributed by atoms with Crippen molar-refractivity contribution in [2.75, 3.05) is 6.61 Å². The Morgan fingerprint density at radius 1 is 1.09 bits per heavy atom. The van der Waals surface area contributed by atoms with Crippen LogP contribution in [-0.2, 0) is 11.2 Å². The zero-order valence-corrected chi connectivity index (χ0v) is 13.6. The Bertz CT molecular complexity index is 674. The second kappa shape index (κ2) is 8.18. The van der Waals surface area contributed by atoms with Crippen LogP contribution in [-0.4, -0.2) is 12.6 Å². The fourth-order valence-electron chi connectivity index (χ4n) is 2.31. The Morgan fingerprint density at radius 3 is 2.43 bits per heavy atom. The third-order valence-corrected chi connectivity index (χ3v) is 3.45. The molecule has 0 bridgehead atoms. The molecule has 0 saturated heterocycles. The Kier molecular flexibility index (Phi) is 5.98. The molecule has 0 N–H and O–H groups in total. The Hall–Kier alpha value is -2.55. The van der Waals surface area contributed by atoms with Crippen molar-refractivity contribution in [3.8, 4) is 11.5 Å². The minimum absolute atomic E-state index is 0.124. The molecule has 0 aromatic heterocycles. The van der Waals surface area contributed by atoms with E-state index >= 15 is 0 Å². The highest BCUT2D eigenvalue weighted by atomic mass is 16.6. The number of carbonyl (C=O) groups is 1. The second-order valence-electron chi connectivity index (χ2n) is 5.56. The topological polar surface area (TPSA) is 35.5 Å². The largest absolute Gasteiger partial charge is 0.482 e. The number of allylic oxidation sites excluding steroid dienone is 1. The van der Waals surface area contributed by atoms with Crippen LogP contribution in [0, 0.1) is 0 Å². The van der Waals surface area contributed by atoms with E-state index in [0.29, 0.717) is 17.9 Å². The highest BCUT2D eigenvalue weighted by Crippen LogP contribution is 2.26. The Labute approximate surface area is 137 Å². The zero-order chi connectivity index (χ0) is 16.7. The van der Waals surface area contributed by atoms with E-state index in [1.165, 1.54) is 0 Å². The minimum Gasteiger partial charge on any atom is -0.482 e. The highest BCUT2D eigenvalue weighted by Gasteiger charge is 2.12. The minimum atomic E-state index is -0.411. The van der Waals surface area contributed by atoms with Gasteiger partial charge in [-0.05, 0) is 35.6 Å². The first-order valence-electron chi connectivity index (χ1n) is 7.73. The maximum Gasteiger partial charge on any atom is 0.349 e. The predicted octanol–water partition coefficient (Wildman–Crippen LogP) is 4.52. The monoisotopic (exact) mass is 310 g/mol. The van der Waals surface area contributed by atoms with Crippen LogP contribution in [0.4, 0.5) is 0 Å². The number of esters is 1. The van der Waals surface area contributed by atoms with Gasteiger partial charge in [0.15, 0.2) is 6.61 Å². The van der Waals surface area contributed by atoms with Crippen LogP contribution >= 0.6 is 0 Å². The van der Waals surface area contributed by atoms with Crippen molar-refractivity contribution in [2.45, 2.75) is 26.2 Å². The van der Waals surface area contributed by atoms with Crippen molar-refractivity contribution in [1.29, 1.82) is 0 Å². The number of hydrogen-bond acceptors (Lipinski definition) is 3. The van der Waals surface area contributed by atoms with Gasteiger partial charge in [-0.1, -0.05) is 56.3 Å². The van der Waals surface area contributed by atoms with Crippen molar-refractivity contribution in [1.82, 2.24) is 0 Å². The quantitative estimate of drug-likeness (QED) is 0.428. The van der Waals surface area contributed by atoms with Gasteiger partial charge in [0.2, 0.25) is 0 Å². The fraction of sp³-hybridized carbons (Fsp3) is 0.250.